The van der Waals surface area contributed by atoms with E-state index in [1.54, 1.807) is 35.6 Å². The van der Waals surface area contributed by atoms with Gasteiger partial charge >= 0.3 is 0 Å². The number of para-hydroxylation sites is 2. The molecule has 0 spiro atoms. The fourth-order valence-corrected chi connectivity index (χ4v) is 9.61. The molecule has 6 heteroatoms. The van der Waals surface area contributed by atoms with Crippen LogP contribution in [-0.4, -0.2) is 6.71 Å². The highest BCUT2D eigenvalue weighted by atomic mass is 32.1. The van der Waals surface area contributed by atoms with Gasteiger partial charge in [-0.3, -0.25) is 0 Å². The van der Waals surface area contributed by atoms with Crippen LogP contribution in [0.5, 0.6) is 0 Å². The second kappa shape index (κ2) is 10.3. The Morgan fingerprint density at radius 2 is 1.18 bits per heavy atom. The maximum absolute atomic E-state index is 16.3. The van der Waals surface area contributed by atoms with Gasteiger partial charge in [0.2, 0.25) is 0 Å². The van der Waals surface area contributed by atoms with Crippen molar-refractivity contribution < 1.29 is 8.78 Å². The van der Waals surface area contributed by atoms with Gasteiger partial charge in [0.25, 0.3) is 6.71 Å². The topological polar surface area (TPSA) is 6.48 Å². The molecule has 1 aromatic heterocycles. The molecule has 0 saturated heterocycles. The normalized spacial score (nSPS) is 13.3. The largest absolute Gasteiger partial charge is 0.308 e. The summed E-state index contributed by atoms with van der Waals surface area (Å²) in [5, 5.41) is 4.54. The molecular formula is C43H29BF2N2S. The first-order valence-corrected chi connectivity index (χ1v) is 17.4. The Balaban J connectivity index is 1.44. The molecule has 2 aliphatic heterocycles. The molecule has 2 aliphatic rings. The number of hydrogen-bond donors (Lipinski definition) is 0. The molecule has 8 aromatic rings. The van der Waals surface area contributed by atoms with Crippen LogP contribution in [0, 0.1) is 32.4 Å². The molecule has 234 valence electrons. The van der Waals surface area contributed by atoms with E-state index in [9.17, 15) is 0 Å². The monoisotopic (exact) mass is 654 g/mol. The van der Waals surface area contributed by atoms with Gasteiger partial charge in [0.05, 0.1) is 11.4 Å². The molecule has 0 fully saturated rings. The van der Waals surface area contributed by atoms with Gasteiger partial charge in [-0.05, 0) is 112 Å². The third kappa shape index (κ3) is 3.86. The summed E-state index contributed by atoms with van der Waals surface area (Å²) in [6.07, 6.45) is 0. The molecule has 0 atom stereocenters. The summed E-state index contributed by atoms with van der Waals surface area (Å²) in [6, 6.07) is 40.7. The maximum atomic E-state index is 16.3. The highest BCUT2D eigenvalue weighted by Gasteiger charge is 2.46. The predicted molar refractivity (Wildman–Crippen MR) is 205 cm³/mol. The van der Waals surface area contributed by atoms with Crippen LogP contribution in [0.4, 0.5) is 42.9 Å². The van der Waals surface area contributed by atoms with Crippen LogP contribution in [-0.2, 0) is 0 Å². The second-order valence-electron chi connectivity index (χ2n) is 13.3. The lowest BCUT2D eigenvalue weighted by Crippen LogP contribution is -2.61. The molecule has 3 heterocycles. The van der Waals surface area contributed by atoms with Crippen LogP contribution in [0.25, 0.3) is 30.9 Å². The van der Waals surface area contributed by atoms with E-state index in [0.29, 0.717) is 11.4 Å². The maximum Gasteiger partial charge on any atom is 0.253 e. The Morgan fingerprint density at radius 1 is 0.531 bits per heavy atom. The number of anilines is 6. The molecule has 0 saturated carbocycles. The molecule has 0 bridgehead atoms. The minimum absolute atomic E-state index is 0.187. The van der Waals surface area contributed by atoms with Gasteiger partial charge in [-0.15, -0.1) is 11.3 Å². The number of rotatable bonds is 2. The zero-order valence-corrected chi connectivity index (χ0v) is 28.0. The molecule has 10 rings (SSSR count). The fraction of sp³-hybridized carbons (Fsp3) is 0.0698. The van der Waals surface area contributed by atoms with Crippen molar-refractivity contribution in [1.29, 1.82) is 0 Å². The van der Waals surface area contributed by atoms with E-state index in [1.165, 1.54) is 20.2 Å². The minimum atomic E-state index is -0.281. The summed E-state index contributed by atoms with van der Waals surface area (Å²) in [4.78, 5) is 4.28. The zero-order valence-electron chi connectivity index (χ0n) is 27.2. The number of halogens is 2. The first kappa shape index (κ1) is 28.5. The molecule has 7 aromatic carbocycles. The lowest BCUT2D eigenvalue weighted by molar-refractivity contribution is 0.627. The number of hydrogen-bond acceptors (Lipinski definition) is 3. The van der Waals surface area contributed by atoms with Crippen molar-refractivity contribution in [3.8, 4) is 0 Å². The standard InChI is InChI=1S/C43H29BF2N2S/c1-24-22-34-39-35(23-24)48(42-26(3)11-9-16-32(42)46)43-28-13-5-4-12-27(28)18-19-30(43)44(39)40-33(47(34)41-25(2)10-8-15-31(41)45)20-21-37-38(40)29-14-6-7-17-36(29)49-37/h4-23H,1-3H3. The lowest BCUT2D eigenvalue weighted by Gasteiger charge is -2.45. The first-order valence-electron chi connectivity index (χ1n) is 16.6. The van der Waals surface area contributed by atoms with Crippen LogP contribution >= 0.6 is 11.3 Å². The van der Waals surface area contributed by atoms with Crippen LogP contribution in [0.3, 0.4) is 0 Å². The lowest BCUT2D eigenvalue weighted by atomic mass is 9.32. The highest BCUT2D eigenvalue weighted by molar-refractivity contribution is 7.26. The van der Waals surface area contributed by atoms with Gasteiger partial charge in [0.15, 0.2) is 0 Å². The number of fused-ring (bicyclic) bond motifs is 10. The Hall–Kier alpha value is -5.46. The van der Waals surface area contributed by atoms with Gasteiger partial charge in [-0.1, -0.05) is 78.9 Å². The Morgan fingerprint density at radius 3 is 1.92 bits per heavy atom. The minimum Gasteiger partial charge on any atom is -0.308 e. The van der Waals surface area contributed by atoms with Crippen molar-refractivity contribution in [2.24, 2.45) is 0 Å². The van der Waals surface area contributed by atoms with Crippen molar-refractivity contribution >= 4 is 99.5 Å². The summed E-state index contributed by atoms with van der Waals surface area (Å²) < 4.78 is 35.0. The smallest absolute Gasteiger partial charge is 0.253 e. The molecule has 0 N–H and O–H groups in total. The molecule has 49 heavy (non-hydrogen) atoms. The third-order valence-corrected chi connectivity index (χ3v) is 11.6. The van der Waals surface area contributed by atoms with Gasteiger partial charge in [0.1, 0.15) is 11.6 Å². The molecule has 0 aliphatic carbocycles. The first-order chi connectivity index (χ1) is 23.9. The number of thiophene rings is 1. The highest BCUT2D eigenvalue weighted by Crippen LogP contribution is 2.49. The second-order valence-corrected chi connectivity index (χ2v) is 14.4. The quantitative estimate of drug-likeness (QED) is 0.171. The van der Waals surface area contributed by atoms with Gasteiger partial charge in [-0.25, -0.2) is 8.78 Å². The fourth-order valence-electron chi connectivity index (χ4n) is 8.49. The number of nitrogens with zero attached hydrogens (tertiary/aromatic N) is 2. The van der Waals surface area contributed by atoms with Gasteiger partial charge < -0.3 is 9.80 Å². The van der Waals surface area contributed by atoms with Gasteiger partial charge in [0, 0.05) is 37.5 Å². The average Bonchev–Trinajstić information content (AvgIpc) is 3.48. The van der Waals surface area contributed by atoms with Crippen LogP contribution in [0.15, 0.2) is 121 Å². The SMILES string of the molecule is Cc1cc2c3c(c1)N(c1c(C)cccc1F)c1c(ccc4ccccc14)B3c1c(ccc3sc4ccccc4c13)N2c1c(C)cccc1F. The molecule has 0 unspecified atom stereocenters. The van der Waals surface area contributed by atoms with Crippen molar-refractivity contribution in [1.82, 2.24) is 0 Å². The van der Waals surface area contributed by atoms with E-state index in [-0.39, 0.29) is 18.3 Å². The number of benzene rings is 7. The van der Waals surface area contributed by atoms with Gasteiger partial charge in [-0.2, -0.15) is 0 Å². The Kier molecular flexibility index (Phi) is 5.99. The van der Waals surface area contributed by atoms with E-state index in [1.807, 2.05) is 26.0 Å². The summed E-state index contributed by atoms with van der Waals surface area (Å²) in [7, 11) is 0. The van der Waals surface area contributed by atoms with E-state index in [4.69, 9.17) is 0 Å². The number of aryl methyl sites for hydroxylation is 3. The van der Waals surface area contributed by atoms with E-state index >= 15 is 8.78 Å². The summed E-state index contributed by atoms with van der Waals surface area (Å²) >= 11 is 1.79. The van der Waals surface area contributed by atoms with E-state index in [2.05, 4.69) is 102 Å². The van der Waals surface area contributed by atoms with Crippen molar-refractivity contribution in [3.05, 3.63) is 150 Å². The molecule has 0 amide bonds. The van der Waals surface area contributed by atoms with Crippen LogP contribution in [0.1, 0.15) is 16.7 Å². The van der Waals surface area contributed by atoms with E-state index in [0.717, 1.165) is 66.6 Å². The van der Waals surface area contributed by atoms with Crippen LogP contribution in [0.2, 0.25) is 0 Å². The summed E-state index contributed by atoms with van der Waals surface area (Å²) in [5.41, 5.74) is 10.9. The predicted octanol–water partition coefficient (Wildman–Crippen LogP) is 10.5. The van der Waals surface area contributed by atoms with Crippen LogP contribution < -0.4 is 26.2 Å². The summed E-state index contributed by atoms with van der Waals surface area (Å²) in [6.45, 7) is 5.84. The van der Waals surface area contributed by atoms with E-state index < -0.39 is 0 Å². The Labute approximate surface area is 287 Å². The van der Waals surface area contributed by atoms with Crippen molar-refractivity contribution in [3.63, 3.8) is 0 Å². The average molecular weight is 655 g/mol. The molecular weight excluding hydrogens is 625 g/mol. The van der Waals surface area contributed by atoms with Crippen molar-refractivity contribution in [2.75, 3.05) is 9.80 Å². The Bertz CT molecular complexity index is 2670. The third-order valence-electron chi connectivity index (χ3n) is 10.4. The molecule has 0 radical (unpaired) electrons. The zero-order chi connectivity index (χ0) is 33.1. The summed E-state index contributed by atoms with van der Waals surface area (Å²) in [5.74, 6) is -0.559. The molecule has 2 nitrogen and oxygen atoms in total. The van der Waals surface area contributed by atoms with Crippen molar-refractivity contribution in [2.45, 2.75) is 20.8 Å².